The Morgan fingerprint density at radius 1 is 0.870 bits per heavy atom. The molecule has 0 amide bonds. The van der Waals surface area contributed by atoms with Crippen molar-refractivity contribution in [2.75, 3.05) is 21.3 Å². The summed E-state index contributed by atoms with van der Waals surface area (Å²) in [6, 6.07) is 7.77. The zero-order valence-corrected chi connectivity index (χ0v) is 14.2. The zero-order valence-electron chi connectivity index (χ0n) is 12.7. The number of esters is 1. The Bertz CT molecular complexity index is 731. The van der Waals surface area contributed by atoms with Gasteiger partial charge < -0.3 is 18.9 Å². The molecular formula is C16H14Cl2O5. The molecule has 0 spiro atoms. The molecule has 7 heteroatoms. The highest BCUT2D eigenvalue weighted by Crippen LogP contribution is 2.36. The van der Waals surface area contributed by atoms with Crippen LogP contribution < -0.4 is 18.9 Å². The van der Waals surface area contributed by atoms with Gasteiger partial charge in [-0.15, -0.1) is 0 Å². The fraction of sp³-hybridized carbons (Fsp3) is 0.188. The van der Waals surface area contributed by atoms with E-state index in [4.69, 9.17) is 42.1 Å². The van der Waals surface area contributed by atoms with E-state index in [0.29, 0.717) is 11.5 Å². The van der Waals surface area contributed by atoms with Crippen LogP contribution in [0.15, 0.2) is 30.3 Å². The number of carbonyl (C=O) groups excluding carboxylic acids is 1. The van der Waals surface area contributed by atoms with Crippen molar-refractivity contribution in [3.05, 3.63) is 45.9 Å². The van der Waals surface area contributed by atoms with Crippen LogP contribution in [0.4, 0.5) is 0 Å². The number of carbonyl (C=O) groups is 1. The van der Waals surface area contributed by atoms with E-state index >= 15 is 0 Å². The van der Waals surface area contributed by atoms with E-state index in [-0.39, 0.29) is 27.1 Å². The zero-order chi connectivity index (χ0) is 17.0. The van der Waals surface area contributed by atoms with Crippen molar-refractivity contribution in [2.24, 2.45) is 0 Å². The maximum Gasteiger partial charge on any atom is 0.347 e. The summed E-state index contributed by atoms with van der Waals surface area (Å²) in [5.41, 5.74) is 0.168. The van der Waals surface area contributed by atoms with Crippen molar-refractivity contribution < 1.29 is 23.7 Å². The molecule has 0 radical (unpaired) electrons. The van der Waals surface area contributed by atoms with Crippen LogP contribution in [0.3, 0.4) is 0 Å². The van der Waals surface area contributed by atoms with Crippen LogP contribution in [0.25, 0.3) is 0 Å². The Morgan fingerprint density at radius 3 is 2.09 bits per heavy atom. The molecule has 0 atom stereocenters. The number of benzene rings is 2. The molecule has 0 aromatic heterocycles. The first-order valence-corrected chi connectivity index (χ1v) is 7.23. The van der Waals surface area contributed by atoms with Crippen LogP contribution in [0.1, 0.15) is 10.4 Å². The summed E-state index contributed by atoms with van der Waals surface area (Å²) in [5.74, 6) is 0.581. The van der Waals surface area contributed by atoms with Gasteiger partial charge in [-0.1, -0.05) is 29.3 Å². The van der Waals surface area contributed by atoms with Gasteiger partial charge in [0.05, 0.1) is 26.4 Å². The predicted molar refractivity (Wildman–Crippen MR) is 87.5 cm³/mol. The monoisotopic (exact) mass is 356 g/mol. The SMILES string of the molecule is COc1cc(OC)c(C(=O)Oc2cccc(Cl)c2Cl)cc1OC. The minimum absolute atomic E-state index is 0.154. The van der Waals surface area contributed by atoms with E-state index in [9.17, 15) is 4.79 Å². The Kier molecular flexibility index (Phi) is 5.58. The third kappa shape index (κ3) is 3.63. The van der Waals surface area contributed by atoms with Crippen molar-refractivity contribution in [3.8, 4) is 23.0 Å². The summed E-state index contributed by atoms with van der Waals surface area (Å²) < 4.78 is 20.9. The molecule has 0 fully saturated rings. The summed E-state index contributed by atoms with van der Waals surface area (Å²) in [4.78, 5) is 12.4. The van der Waals surface area contributed by atoms with Gasteiger partial charge in [0, 0.05) is 12.1 Å². The van der Waals surface area contributed by atoms with Crippen molar-refractivity contribution in [1.29, 1.82) is 0 Å². The molecule has 2 aromatic carbocycles. The highest BCUT2D eigenvalue weighted by atomic mass is 35.5. The molecule has 0 aliphatic rings. The molecule has 122 valence electrons. The van der Waals surface area contributed by atoms with Crippen molar-refractivity contribution in [3.63, 3.8) is 0 Å². The van der Waals surface area contributed by atoms with Gasteiger partial charge in [-0.05, 0) is 12.1 Å². The number of methoxy groups -OCH3 is 3. The van der Waals surface area contributed by atoms with Gasteiger partial charge in [-0.25, -0.2) is 4.79 Å². The second kappa shape index (κ2) is 7.44. The van der Waals surface area contributed by atoms with Gasteiger partial charge in [0.2, 0.25) is 0 Å². The Balaban J connectivity index is 2.40. The first kappa shape index (κ1) is 17.2. The van der Waals surface area contributed by atoms with Crippen LogP contribution in [0.5, 0.6) is 23.0 Å². The third-order valence-electron chi connectivity index (χ3n) is 3.04. The van der Waals surface area contributed by atoms with Gasteiger partial charge in [-0.2, -0.15) is 0 Å². The number of rotatable bonds is 5. The first-order valence-electron chi connectivity index (χ1n) is 6.48. The molecule has 0 N–H and O–H groups in total. The second-order valence-corrected chi connectivity index (χ2v) is 5.13. The van der Waals surface area contributed by atoms with Gasteiger partial charge in [0.25, 0.3) is 0 Å². The maximum absolute atomic E-state index is 12.4. The fourth-order valence-corrected chi connectivity index (χ4v) is 2.24. The van der Waals surface area contributed by atoms with Crippen LogP contribution in [-0.4, -0.2) is 27.3 Å². The molecule has 0 unspecified atom stereocenters. The lowest BCUT2D eigenvalue weighted by Crippen LogP contribution is -2.11. The highest BCUT2D eigenvalue weighted by Gasteiger charge is 2.20. The quantitative estimate of drug-likeness (QED) is 0.592. The lowest BCUT2D eigenvalue weighted by Gasteiger charge is -2.14. The van der Waals surface area contributed by atoms with Crippen LogP contribution >= 0.6 is 23.2 Å². The lowest BCUT2D eigenvalue weighted by atomic mass is 10.1. The van der Waals surface area contributed by atoms with Crippen molar-refractivity contribution >= 4 is 29.2 Å². The van der Waals surface area contributed by atoms with Gasteiger partial charge in [-0.3, -0.25) is 0 Å². The normalized spacial score (nSPS) is 10.1. The molecular weight excluding hydrogens is 343 g/mol. The molecule has 5 nitrogen and oxygen atoms in total. The predicted octanol–water partition coefficient (Wildman–Crippen LogP) is 4.24. The highest BCUT2D eigenvalue weighted by molar-refractivity contribution is 6.43. The van der Waals surface area contributed by atoms with E-state index in [1.54, 1.807) is 18.2 Å². The summed E-state index contributed by atoms with van der Waals surface area (Å²) in [7, 11) is 4.39. The van der Waals surface area contributed by atoms with Crippen LogP contribution in [0.2, 0.25) is 10.0 Å². The number of ether oxygens (including phenoxy) is 4. The minimum Gasteiger partial charge on any atom is -0.496 e. The molecule has 2 aromatic rings. The fourth-order valence-electron chi connectivity index (χ4n) is 1.91. The second-order valence-electron chi connectivity index (χ2n) is 4.35. The molecule has 0 heterocycles. The lowest BCUT2D eigenvalue weighted by molar-refractivity contribution is 0.0731. The maximum atomic E-state index is 12.4. The molecule has 0 saturated carbocycles. The minimum atomic E-state index is -0.660. The van der Waals surface area contributed by atoms with E-state index in [0.717, 1.165) is 0 Å². The summed E-state index contributed by atoms with van der Waals surface area (Å²) in [6.45, 7) is 0. The van der Waals surface area contributed by atoms with Gasteiger partial charge >= 0.3 is 5.97 Å². The van der Waals surface area contributed by atoms with Crippen LogP contribution in [-0.2, 0) is 0 Å². The van der Waals surface area contributed by atoms with E-state index < -0.39 is 5.97 Å². The number of hydrogen-bond acceptors (Lipinski definition) is 5. The standard InChI is InChI=1S/C16H14Cl2O5/c1-20-12-8-14(22-3)13(21-2)7-9(12)16(19)23-11-6-4-5-10(17)15(11)18/h4-8H,1-3H3. The summed E-state index contributed by atoms with van der Waals surface area (Å²) in [6.07, 6.45) is 0. The van der Waals surface area contributed by atoms with Crippen LogP contribution in [0, 0.1) is 0 Å². The van der Waals surface area contributed by atoms with E-state index in [2.05, 4.69) is 0 Å². The molecule has 0 aliphatic carbocycles. The molecule has 0 saturated heterocycles. The van der Waals surface area contributed by atoms with Gasteiger partial charge in [0.1, 0.15) is 16.3 Å². The molecule has 2 rings (SSSR count). The Morgan fingerprint density at radius 2 is 1.48 bits per heavy atom. The summed E-state index contributed by atoms with van der Waals surface area (Å²) in [5, 5.41) is 0.443. The Hall–Kier alpha value is -2.11. The van der Waals surface area contributed by atoms with E-state index in [1.165, 1.54) is 33.5 Å². The number of hydrogen-bond donors (Lipinski definition) is 0. The molecule has 0 bridgehead atoms. The average Bonchev–Trinajstić information content (AvgIpc) is 2.57. The van der Waals surface area contributed by atoms with E-state index in [1.807, 2.05) is 0 Å². The first-order chi connectivity index (χ1) is 11.0. The smallest absolute Gasteiger partial charge is 0.347 e. The Labute approximate surface area is 143 Å². The third-order valence-corrected chi connectivity index (χ3v) is 3.85. The summed E-state index contributed by atoms with van der Waals surface area (Å²) >= 11 is 11.9. The number of halogens is 2. The largest absolute Gasteiger partial charge is 0.496 e. The topological polar surface area (TPSA) is 54.0 Å². The van der Waals surface area contributed by atoms with Crippen molar-refractivity contribution in [1.82, 2.24) is 0 Å². The molecule has 23 heavy (non-hydrogen) atoms. The average molecular weight is 357 g/mol. The van der Waals surface area contributed by atoms with Gasteiger partial charge in [0.15, 0.2) is 17.2 Å². The van der Waals surface area contributed by atoms with Crippen molar-refractivity contribution in [2.45, 2.75) is 0 Å². The molecule has 0 aliphatic heterocycles.